The first-order valence-corrected chi connectivity index (χ1v) is 6.90. The van der Waals surface area contributed by atoms with E-state index in [1.165, 1.54) is 17.5 Å². The highest BCUT2D eigenvalue weighted by Crippen LogP contribution is 2.22. The van der Waals surface area contributed by atoms with Gasteiger partial charge in [0.05, 0.1) is 29.8 Å². The molecule has 0 atom stereocenters. The quantitative estimate of drug-likeness (QED) is 0.799. The lowest BCUT2D eigenvalue weighted by Crippen LogP contribution is -2.02. The maximum absolute atomic E-state index is 13.4. The minimum atomic E-state index is -0.368. The summed E-state index contributed by atoms with van der Waals surface area (Å²) in [6, 6.07) is 7.31. The smallest absolute Gasteiger partial charge is 0.164 e. The molecule has 3 rings (SSSR count). The highest BCUT2D eigenvalue weighted by molar-refractivity contribution is 7.13. The zero-order valence-corrected chi connectivity index (χ0v) is 11.3. The van der Waals surface area contributed by atoms with E-state index in [0.717, 1.165) is 16.4 Å². The third-order valence-electron chi connectivity index (χ3n) is 2.67. The molecule has 0 aliphatic rings. The summed E-state index contributed by atoms with van der Waals surface area (Å²) in [7, 11) is 0. The maximum atomic E-state index is 13.4. The van der Waals surface area contributed by atoms with Crippen LogP contribution in [0, 0.1) is 5.82 Å². The van der Waals surface area contributed by atoms with Crippen molar-refractivity contribution in [1.29, 1.82) is 0 Å². The Morgan fingerprint density at radius 3 is 2.95 bits per heavy atom. The fourth-order valence-corrected chi connectivity index (χ4v) is 2.49. The molecule has 20 heavy (non-hydrogen) atoms. The zero-order chi connectivity index (χ0) is 13.8. The second-order valence-electron chi connectivity index (χ2n) is 4.07. The van der Waals surface area contributed by atoms with Gasteiger partial charge in [-0.3, -0.25) is 9.97 Å². The number of nitrogens with one attached hydrogen (secondary N) is 1. The van der Waals surface area contributed by atoms with Crippen molar-refractivity contribution in [2.24, 2.45) is 0 Å². The van der Waals surface area contributed by atoms with Crippen molar-refractivity contribution >= 4 is 17.0 Å². The Morgan fingerprint density at radius 2 is 2.15 bits per heavy atom. The molecule has 3 aromatic rings. The molecule has 3 heterocycles. The van der Waals surface area contributed by atoms with Gasteiger partial charge in [0.15, 0.2) is 5.82 Å². The predicted octanol–water partition coefficient (Wildman–Crippen LogP) is 3.35. The minimum Gasteiger partial charge on any atom is -0.377 e. The first-order valence-electron chi connectivity index (χ1n) is 6.02. The molecular formula is C14H11FN4S. The molecule has 0 saturated carbocycles. The van der Waals surface area contributed by atoms with Crippen LogP contribution in [0.4, 0.5) is 10.1 Å². The summed E-state index contributed by atoms with van der Waals surface area (Å²) in [5.74, 6) is -0.368. The second-order valence-corrected chi connectivity index (χ2v) is 4.93. The van der Waals surface area contributed by atoms with Gasteiger partial charge in [0.25, 0.3) is 0 Å². The lowest BCUT2D eigenvalue weighted by molar-refractivity contribution is 0.623. The highest BCUT2D eigenvalue weighted by atomic mass is 32.1. The van der Waals surface area contributed by atoms with Crippen molar-refractivity contribution in [3.63, 3.8) is 0 Å². The van der Waals surface area contributed by atoms with Crippen LogP contribution < -0.4 is 5.32 Å². The summed E-state index contributed by atoms with van der Waals surface area (Å²) >= 11 is 1.52. The number of thiazole rings is 1. The van der Waals surface area contributed by atoms with Crippen molar-refractivity contribution in [2.75, 3.05) is 5.32 Å². The number of nitrogens with zero attached hydrogens (tertiary/aromatic N) is 3. The number of hydrogen-bond donors (Lipinski definition) is 1. The number of anilines is 1. The van der Waals surface area contributed by atoms with Gasteiger partial charge < -0.3 is 5.32 Å². The van der Waals surface area contributed by atoms with E-state index in [4.69, 9.17) is 0 Å². The molecular weight excluding hydrogens is 275 g/mol. The molecule has 4 nitrogen and oxygen atoms in total. The third-order valence-corrected chi connectivity index (χ3v) is 3.58. The minimum absolute atomic E-state index is 0.368. The number of rotatable bonds is 4. The summed E-state index contributed by atoms with van der Waals surface area (Å²) in [4.78, 5) is 12.4. The summed E-state index contributed by atoms with van der Waals surface area (Å²) in [5.41, 5.74) is 2.12. The lowest BCUT2D eigenvalue weighted by Gasteiger charge is -2.04. The lowest BCUT2D eigenvalue weighted by atomic mass is 10.3. The Balaban J connectivity index is 1.71. The molecule has 6 heteroatoms. The number of pyridine rings is 2. The average molecular weight is 286 g/mol. The Morgan fingerprint density at radius 1 is 1.20 bits per heavy atom. The molecule has 1 N–H and O–H groups in total. The van der Waals surface area contributed by atoms with Gasteiger partial charge >= 0.3 is 0 Å². The summed E-state index contributed by atoms with van der Waals surface area (Å²) in [5, 5.41) is 5.80. The van der Waals surface area contributed by atoms with Crippen molar-refractivity contribution < 1.29 is 4.39 Å². The maximum Gasteiger partial charge on any atom is 0.164 e. The van der Waals surface area contributed by atoms with Crippen molar-refractivity contribution in [3.05, 3.63) is 59.7 Å². The summed E-state index contributed by atoms with van der Waals surface area (Å²) in [6.07, 6.45) is 4.47. The van der Waals surface area contributed by atoms with Crippen LogP contribution in [-0.2, 0) is 6.54 Å². The van der Waals surface area contributed by atoms with Crippen LogP contribution in [0.1, 0.15) is 5.69 Å². The van der Waals surface area contributed by atoms with Crippen LogP contribution in [0.15, 0.2) is 48.2 Å². The van der Waals surface area contributed by atoms with Crippen LogP contribution >= 0.6 is 11.3 Å². The van der Waals surface area contributed by atoms with E-state index in [9.17, 15) is 4.39 Å². The second kappa shape index (κ2) is 5.75. The molecule has 0 aliphatic heterocycles. The molecule has 0 radical (unpaired) electrons. The number of hydrogen-bond acceptors (Lipinski definition) is 5. The van der Waals surface area contributed by atoms with Gasteiger partial charge in [-0.25, -0.2) is 9.37 Å². The number of aromatic nitrogens is 3. The SMILES string of the molecule is Fc1cnccc1NCc1csc(-c2ccccn2)n1. The highest BCUT2D eigenvalue weighted by Gasteiger charge is 2.06. The number of halogens is 1. The van der Waals surface area contributed by atoms with Gasteiger partial charge in [0.1, 0.15) is 5.01 Å². The van der Waals surface area contributed by atoms with E-state index in [1.807, 2.05) is 23.6 Å². The van der Waals surface area contributed by atoms with Crippen LogP contribution in [0.2, 0.25) is 0 Å². The predicted molar refractivity (Wildman–Crippen MR) is 76.9 cm³/mol. The van der Waals surface area contributed by atoms with Crippen LogP contribution in [0.5, 0.6) is 0 Å². The van der Waals surface area contributed by atoms with Crippen LogP contribution in [0.3, 0.4) is 0 Å². The standard InChI is InChI=1S/C14H11FN4S/c15-11-8-16-6-4-12(11)18-7-10-9-20-14(19-10)13-3-1-2-5-17-13/h1-6,8-9H,7H2,(H,16,18). The van der Waals surface area contributed by atoms with Gasteiger partial charge in [0.2, 0.25) is 0 Å². The van der Waals surface area contributed by atoms with E-state index < -0.39 is 0 Å². The molecule has 0 fully saturated rings. The Labute approximate surface area is 119 Å². The van der Waals surface area contributed by atoms with E-state index in [1.54, 1.807) is 18.5 Å². The Hall–Kier alpha value is -2.34. The van der Waals surface area contributed by atoms with E-state index >= 15 is 0 Å². The van der Waals surface area contributed by atoms with Crippen LogP contribution in [0.25, 0.3) is 10.7 Å². The monoisotopic (exact) mass is 286 g/mol. The molecule has 0 aromatic carbocycles. The van der Waals surface area contributed by atoms with Gasteiger partial charge in [-0.15, -0.1) is 11.3 Å². The third kappa shape index (κ3) is 2.80. The summed E-state index contributed by atoms with van der Waals surface area (Å²) < 4.78 is 13.4. The topological polar surface area (TPSA) is 50.7 Å². The molecule has 3 aromatic heterocycles. The fraction of sp³-hybridized carbons (Fsp3) is 0.0714. The normalized spacial score (nSPS) is 10.4. The summed E-state index contributed by atoms with van der Waals surface area (Å²) in [6.45, 7) is 0.463. The van der Waals surface area contributed by atoms with Crippen molar-refractivity contribution in [2.45, 2.75) is 6.54 Å². The van der Waals surface area contributed by atoms with Gasteiger partial charge in [-0.2, -0.15) is 0 Å². The van der Waals surface area contributed by atoms with Gasteiger partial charge in [-0.1, -0.05) is 6.07 Å². The average Bonchev–Trinajstić information content (AvgIpc) is 2.96. The van der Waals surface area contributed by atoms with Crippen molar-refractivity contribution in [1.82, 2.24) is 15.0 Å². The first-order chi connectivity index (χ1) is 9.83. The molecule has 0 spiro atoms. The molecule has 0 saturated heterocycles. The van der Waals surface area contributed by atoms with Crippen molar-refractivity contribution in [3.8, 4) is 10.7 Å². The zero-order valence-electron chi connectivity index (χ0n) is 10.5. The van der Waals surface area contributed by atoms with Gasteiger partial charge in [0, 0.05) is 17.8 Å². The van der Waals surface area contributed by atoms with E-state index in [-0.39, 0.29) is 5.82 Å². The fourth-order valence-electron chi connectivity index (χ4n) is 1.70. The first kappa shape index (κ1) is 12.7. The molecule has 0 aliphatic carbocycles. The molecule has 0 bridgehead atoms. The molecule has 0 unspecified atom stereocenters. The Kier molecular flexibility index (Phi) is 3.64. The van der Waals surface area contributed by atoms with E-state index in [2.05, 4.69) is 20.3 Å². The largest absolute Gasteiger partial charge is 0.377 e. The molecule has 0 amide bonds. The van der Waals surface area contributed by atoms with E-state index in [0.29, 0.717) is 12.2 Å². The van der Waals surface area contributed by atoms with Crippen LogP contribution in [-0.4, -0.2) is 15.0 Å². The molecule has 100 valence electrons. The Bertz CT molecular complexity index is 699. The van der Waals surface area contributed by atoms with Gasteiger partial charge in [-0.05, 0) is 18.2 Å².